The lowest BCUT2D eigenvalue weighted by molar-refractivity contribution is 0.247. The van der Waals surface area contributed by atoms with E-state index in [0.717, 1.165) is 14.5 Å². The van der Waals surface area contributed by atoms with Gasteiger partial charge >= 0.3 is 6.03 Å². The lowest BCUT2D eigenvalue weighted by atomic mass is 10.1. The molecule has 0 radical (unpaired) electrons. The summed E-state index contributed by atoms with van der Waals surface area (Å²) in [5.41, 5.74) is 1.10. The second-order valence-electron chi connectivity index (χ2n) is 3.08. The van der Waals surface area contributed by atoms with E-state index in [1.54, 1.807) is 0 Å². The van der Waals surface area contributed by atoms with E-state index < -0.39 is 0 Å². The molecule has 0 spiro atoms. The first kappa shape index (κ1) is 9.98. The molecule has 0 unspecified atom stereocenters. The molecule has 0 aliphatic carbocycles. The number of hydrogen-bond donors (Lipinski definition) is 2. The first-order valence-corrected chi connectivity index (χ1v) is 5.75. The van der Waals surface area contributed by atoms with Gasteiger partial charge in [-0.3, -0.25) is 0 Å². The highest BCUT2D eigenvalue weighted by Crippen LogP contribution is 2.27. The molecule has 0 bridgehead atoms. The second kappa shape index (κ2) is 3.90. The minimum absolute atomic E-state index is 0.0758. The summed E-state index contributed by atoms with van der Waals surface area (Å²) in [4.78, 5) is 10.9. The van der Waals surface area contributed by atoms with Crippen molar-refractivity contribution in [2.45, 2.75) is 6.04 Å². The molecule has 1 fully saturated rings. The van der Waals surface area contributed by atoms with E-state index in [1.807, 2.05) is 18.2 Å². The van der Waals surface area contributed by atoms with Crippen molar-refractivity contribution >= 4 is 37.9 Å². The molecule has 2 amide bonds. The van der Waals surface area contributed by atoms with Crippen molar-refractivity contribution < 1.29 is 4.79 Å². The number of carbonyl (C=O) groups excluding carboxylic acids is 1. The number of urea groups is 1. The molecule has 74 valence electrons. The molecule has 14 heavy (non-hydrogen) atoms. The number of amides is 2. The second-order valence-corrected chi connectivity index (χ2v) is 4.79. The lowest BCUT2D eigenvalue weighted by Crippen LogP contribution is -2.21. The van der Waals surface area contributed by atoms with Crippen LogP contribution >= 0.6 is 31.9 Å². The highest BCUT2D eigenvalue weighted by molar-refractivity contribution is 9.13. The fraction of sp³-hybridized carbons (Fsp3) is 0.222. The Hall–Kier alpha value is -0.550. The molecule has 1 aromatic carbocycles. The quantitative estimate of drug-likeness (QED) is 0.820. The molecule has 1 aliphatic rings. The van der Waals surface area contributed by atoms with E-state index in [9.17, 15) is 4.79 Å². The number of rotatable bonds is 1. The Morgan fingerprint density at radius 3 is 2.64 bits per heavy atom. The molecular formula is C9H8Br2N2O. The molecule has 2 N–H and O–H groups in total. The molecule has 2 rings (SSSR count). The average Bonchev–Trinajstić information content (AvgIpc) is 2.57. The van der Waals surface area contributed by atoms with Crippen LogP contribution in [0.25, 0.3) is 0 Å². The van der Waals surface area contributed by atoms with Crippen molar-refractivity contribution in [1.82, 2.24) is 10.6 Å². The molecule has 1 aliphatic heterocycles. The number of nitrogens with one attached hydrogen (secondary N) is 2. The smallest absolute Gasteiger partial charge is 0.315 e. The molecule has 1 heterocycles. The van der Waals surface area contributed by atoms with Crippen molar-refractivity contribution in [3.8, 4) is 0 Å². The van der Waals surface area contributed by atoms with Crippen molar-refractivity contribution in [1.29, 1.82) is 0 Å². The summed E-state index contributed by atoms with van der Waals surface area (Å²) in [6.07, 6.45) is 0. The topological polar surface area (TPSA) is 41.1 Å². The van der Waals surface area contributed by atoms with Gasteiger partial charge in [-0.1, -0.05) is 6.07 Å². The van der Waals surface area contributed by atoms with E-state index in [1.165, 1.54) is 0 Å². The van der Waals surface area contributed by atoms with Crippen LogP contribution in [0.3, 0.4) is 0 Å². The van der Waals surface area contributed by atoms with Crippen molar-refractivity contribution in [3.05, 3.63) is 32.7 Å². The van der Waals surface area contributed by atoms with Crippen LogP contribution in [0.4, 0.5) is 4.79 Å². The molecule has 0 aromatic heterocycles. The number of hydrogen-bond acceptors (Lipinski definition) is 1. The van der Waals surface area contributed by atoms with Gasteiger partial charge in [-0.2, -0.15) is 0 Å². The summed E-state index contributed by atoms with van der Waals surface area (Å²) >= 11 is 6.83. The SMILES string of the molecule is O=C1NC[C@H](c2ccc(Br)c(Br)c2)N1. The Balaban J connectivity index is 2.24. The third kappa shape index (κ3) is 1.93. The minimum atomic E-state index is -0.103. The van der Waals surface area contributed by atoms with Gasteiger partial charge in [0.05, 0.1) is 6.04 Å². The zero-order valence-electron chi connectivity index (χ0n) is 7.18. The third-order valence-corrected chi connectivity index (χ3v) is 4.00. The predicted molar refractivity (Wildman–Crippen MR) is 61.1 cm³/mol. The maximum absolute atomic E-state index is 10.9. The Morgan fingerprint density at radius 1 is 1.29 bits per heavy atom. The molecule has 1 aromatic rings. The van der Waals surface area contributed by atoms with E-state index in [0.29, 0.717) is 6.54 Å². The van der Waals surface area contributed by atoms with Crippen molar-refractivity contribution in [2.24, 2.45) is 0 Å². The lowest BCUT2D eigenvalue weighted by Gasteiger charge is -2.09. The summed E-state index contributed by atoms with van der Waals surface area (Å²) in [6, 6.07) is 5.93. The zero-order valence-corrected chi connectivity index (χ0v) is 10.4. The molecule has 3 nitrogen and oxygen atoms in total. The predicted octanol–water partition coefficient (Wildman–Crippen LogP) is 2.57. The van der Waals surface area contributed by atoms with Gasteiger partial charge in [-0.25, -0.2) is 4.79 Å². The first-order chi connectivity index (χ1) is 6.66. The maximum Gasteiger partial charge on any atom is 0.315 e. The fourth-order valence-electron chi connectivity index (χ4n) is 1.39. The van der Waals surface area contributed by atoms with Gasteiger partial charge in [0.1, 0.15) is 0 Å². The molecule has 1 atom stereocenters. The summed E-state index contributed by atoms with van der Waals surface area (Å²) in [6.45, 7) is 0.646. The van der Waals surface area contributed by atoms with Crippen LogP contribution in [0.2, 0.25) is 0 Å². The van der Waals surface area contributed by atoms with Crippen molar-refractivity contribution in [2.75, 3.05) is 6.54 Å². The van der Waals surface area contributed by atoms with Crippen LogP contribution < -0.4 is 10.6 Å². The van der Waals surface area contributed by atoms with Crippen LogP contribution in [0, 0.1) is 0 Å². The van der Waals surface area contributed by atoms with Gasteiger partial charge in [0.2, 0.25) is 0 Å². The molecule has 1 saturated heterocycles. The van der Waals surface area contributed by atoms with E-state index in [2.05, 4.69) is 42.5 Å². The number of benzene rings is 1. The Bertz CT molecular complexity index is 381. The maximum atomic E-state index is 10.9. The molecule has 5 heteroatoms. The number of halogens is 2. The van der Waals surface area contributed by atoms with Crippen LogP contribution in [0.1, 0.15) is 11.6 Å². The van der Waals surface area contributed by atoms with Gasteiger partial charge in [-0.15, -0.1) is 0 Å². The van der Waals surface area contributed by atoms with Gasteiger partial charge in [0.25, 0.3) is 0 Å². The minimum Gasteiger partial charge on any atom is -0.336 e. The summed E-state index contributed by atoms with van der Waals surface area (Å²) < 4.78 is 2.01. The summed E-state index contributed by atoms with van der Waals surface area (Å²) in [5.74, 6) is 0. The van der Waals surface area contributed by atoms with E-state index >= 15 is 0 Å². The van der Waals surface area contributed by atoms with Crippen LogP contribution in [-0.4, -0.2) is 12.6 Å². The Morgan fingerprint density at radius 2 is 2.07 bits per heavy atom. The summed E-state index contributed by atoms with van der Waals surface area (Å²) in [5, 5.41) is 5.56. The highest BCUT2D eigenvalue weighted by atomic mass is 79.9. The van der Waals surface area contributed by atoms with Crippen LogP contribution in [-0.2, 0) is 0 Å². The van der Waals surface area contributed by atoms with Crippen LogP contribution in [0.15, 0.2) is 27.1 Å². The molecule has 0 saturated carbocycles. The zero-order chi connectivity index (χ0) is 10.1. The van der Waals surface area contributed by atoms with Gasteiger partial charge in [0.15, 0.2) is 0 Å². The third-order valence-electron chi connectivity index (χ3n) is 2.12. The Labute approximate surface area is 98.5 Å². The Kier molecular flexibility index (Phi) is 2.78. The highest BCUT2D eigenvalue weighted by Gasteiger charge is 2.21. The summed E-state index contributed by atoms with van der Waals surface area (Å²) in [7, 11) is 0. The average molecular weight is 320 g/mol. The first-order valence-electron chi connectivity index (χ1n) is 4.16. The van der Waals surface area contributed by atoms with E-state index in [4.69, 9.17) is 0 Å². The van der Waals surface area contributed by atoms with Gasteiger partial charge in [-0.05, 0) is 49.6 Å². The van der Waals surface area contributed by atoms with Gasteiger partial charge in [0, 0.05) is 15.5 Å². The van der Waals surface area contributed by atoms with Crippen LogP contribution in [0.5, 0.6) is 0 Å². The fourth-order valence-corrected chi connectivity index (χ4v) is 2.03. The molecular weight excluding hydrogens is 312 g/mol. The van der Waals surface area contributed by atoms with Gasteiger partial charge < -0.3 is 10.6 Å². The largest absolute Gasteiger partial charge is 0.336 e. The number of carbonyl (C=O) groups is 1. The monoisotopic (exact) mass is 318 g/mol. The van der Waals surface area contributed by atoms with Crippen molar-refractivity contribution in [3.63, 3.8) is 0 Å². The standard InChI is InChI=1S/C9H8Br2N2O/c10-6-2-1-5(3-7(6)11)8-4-12-9(14)13-8/h1-3,8H,4H2,(H2,12,13,14)/t8-/m1/s1. The normalized spacial score (nSPS) is 20.4. The van der Waals surface area contributed by atoms with E-state index in [-0.39, 0.29) is 12.1 Å².